The van der Waals surface area contributed by atoms with Gasteiger partial charge >= 0.3 is 0 Å². The van der Waals surface area contributed by atoms with Crippen LogP contribution in [0.5, 0.6) is 0 Å². The summed E-state index contributed by atoms with van der Waals surface area (Å²) in [6, 6.07) is 15.4. The quantitative estimate of drug-likeness (QED) is 0.748. The van der Waals surface area contributed by atoms with Gasteiger partial charge in [0.05, 0.1) is 10.6 Å². The first kappa shape index (κ1) is 19.0. The molecule has 25 heavy (non-hydrogen) atoms. The van der Waals surface area contributed by atoms with Crippen LogP contribution in [0.15, 0.2) is 59.5 Å². The Kier molecular flexibility index (Phi) is 6.55. The van der Waals surface area contributed by atoms with E-state index in [1.807, 2.05) is 13.0 Å². The van der Waals surface area contributed by atoms with E-state index in [9.17, 15) is 13.2 Å². The molecule has 6 nitrogen and oxygen atoms in total. The maximum atomic E-state index is 13.0. The maximum absolute atomic E-state index is 13.0. The van der Waals surface area contributed by atoms with Crippen LogP contribution in [-0.4, -0.2) is 34.0 Å². The summed E-state index contributed by atoms with van der Waals surface area (Å²) in [7, 11) is -3.76. The number of nitrogens with two attached hydrogens (primary N) is 1. The lowest BCUT2D eigenvalue weighted by Gasteiger charge is -2.24. The van der Waals surface area contributed by atoms with Crippen molar-refractivity contribution in [2.45, 2.75) is 18.2 Å². The predicted octanol–water partition coefficient (Wildman–Crippen LogP) is 1.66. The van der Waals surface area contributed by atoms with Gasteiger partial charge in [-0.05, 0) is 31.2 Å². The molecule has 2 aromatic rings. The third kappa shape index (κ3) is 5.04. The lowest BCUT2D eigenvalue weighted by molar-refractivity contribution is -0.120. The number of nitrogens with one attached hydrogen (secondary N) is 1. The average molecular weight is 361 g/mol. The van der Waals surface area contributed by atoms with Crippen LogP contribution in [0.25, 0.3) is 0 Å². The monoisotopic (exact) mass is 361 g/mol. The molecule has 2 aromatic carbocycles. The standard InChI is InChI=1S/C18H23N3O3S/c1-15-7-9-17(10-8-15)25(23,24)21(16-5-3-2-4-6-16)14-11-18(22)20-13-12-19/h2-10H,11-14,19H2,1H3,(H,20,22). The van der Waals surface area contributed by atoms with E-state index in [2.05, 4.69) is 5.32 Å². The van der Waals surface area contributed by atoms with E-state index >= 15 is 0 Å². The molecule has 0 aliphatic rings. The first-order chi connectivity index (χ1) is 11.9. The molecular weight excluding hydrogens is 338 g/mol. The van der Waals surface area contributed by atoms with Crippen molar-refractivity contribution in [3.63, 3.8) is 0 Å². The summed E-state index contributed by atoms with van der Waals surface area (Å²) in [5, 5.41) is 2.65. The van der Waals surface area contributed by atoms with Crippen LogP contribution in [0.4, 0.5) is 5.69 Å². The predicted molar refractivity (Wildman–Crippen MR) is 98.8 cm³/mol. The minimum absolute atomic E-state index is 0.0522. The molecule has 2 rings (SSSR count). The maximum Gasteiger partial charge on any atom is 0.264 e. The molecule has 0 aromatic heterocycles. The summed E-state index contributed by atoms with van der Waals surface area (Å²) in [5.74, 6) is -0.231. The summed E-state index contributed by atoms with van der Waals surface area (Å²) < 4.78 is 27.4. The molecular formula is C18H23N3O3S. The van der Waals surface area contributed by atoms with Gasteiger partial charge in [0.1, 0.15) is 0 Å². The van der Waals surface area contributed by atoms with Crippen LogP contribution in [0, 0.1) is 6.92 Å². The Bertz CT molecular complexity index is 790. The zero-order chi connectivity index (χ0) is 18.3. The van der Waals surface area contributed by atoms with Gasteiger partial charge in [-0.25, -0.2) is 8.42 Å². The molecule has 0 aliphatic carbocycles. The van der Waals surface area contributed by atoms with Gasteiger partial charge in [0.2, 0.25) is 5.91 Å². The van der Waals surface area contributed by atoms with Crippen molar-refractivity contribution in [3.8, 4) is 0 Å². The number of amides is 1. The Labute approximate surface area is 148 Å². The van der Waals surface area contributed by atoms with Crippen molar-refractivity contribution in [2.24, 2.45) is 5.73 Å². The Morgan fingerprint density at radius 3 is 2.32 bits per heavy atom. The normalized spacial score (nSPS) is 11.1. The number of nitrogens with zero attached hydrogens (tertiary/aromatic N) is 1. The second kappa shape index (κ2) is 8.64. The molecule has 0 fully saturated rings. The number of aryl methyl sites for hydroxylation is 1. The zero-order valence-corrected chi connectivity index (χ0v) is 15.0. The largest absolute Gasteiger partial charge is 0.355 e. The van der Waals surface area contributed by atoms with Crippen LogP contribution in [-0.2, 0) is 14.8 Å². The van der Waals surface area contributed by atoms with Gasteiger partial charge in [-0.1, -0.05) is 35.9 Å². The molecule has 1 amide bonds. The number of sulfonamides is 1. The molecule has 3 N–H and O–H groups in total. The highest BCUT2D eigenvalue weighted by Crippen LogP contribution is 2.24. The van der Waals surface area contributed by atoms with Gasteiger partial charge in [-0.15, -0.1) is 0 Å². The van der Waals surface area contributed by atoms with Gasteiger partial charge in [0, 0.05) is 26.1 Å². The number of rotatable bonds is 8. The van der Waals surface area contributed by atoms with E-state index in [-0.39, 0.29) is 23.8 Å². The second-order valence-corrected chi connectivity index (χ2v) is 7.48. The van der Waals surface area contributed by atoms with E-state index < -0.39 is 10.0 Å². The van der Waals surface area contributed by atoms with Gasteiger partial charge in [0.25, 0.3) is 10.0 Å². The molecule has 0 heterocycles. The Morgan fingerprint density at radius 1 is 1.08 bits per heavy atom. The van der Waals surface area contributed by atoms with Crippen molar-refractivity contribution in [3.05, 3.63) is 60.2 Å². The smallest absolute Gasteiger partial charge is 0.264 e. The minimum atomic E-state index is -3.76. The molecule has 0 saturated heterocycles. The number of benzene rings is 2. The molecule has 134 valence electrons. The Balaban J connectivity index is 2.28. The van der Waals surface area contributed by atoms with Crippen LogP contribution in [0.1, 0.15) is 12.0 Å². The minimum Gasteiger partial charge on any atom is -0.355 e. The molecule has 0 spiro atoms. The number of carbonyl (C=O) groups is 1. The summed E-state index contributed by atoms with van der Waals surface area (Å²) in [4.78, 5) is 12.1. The van der Waals surface area contributed by atoms with Crippen LogP contribution in [0.3, 0.4) is 0 Å². The SMILES string of the molecule is Cc1ccc(S(=O)(=O)N(CCC(=O)NCCN)c2ccccc2)cc1. The summed E-state index contributed by atoms with van der Waals surface area (Å²) in [5.41, 5.74) is 6.86. The van der Waals surface area contributed by atoms with E-state index in [0.29, 0.717) is 18.8 Å². The van der Waals surface area contributed by atoms with E-state index in [1.165, 1.54) is 4.31 Å². The highest BCUT2D eigenvalue weighted by molar-refractivity contribution is 7.92. The van der Waals surface area contributed by atoms with Crippen molar-refractivity contribution in [2.75, 3.05) is 23.9 Å². The average Bonchev–Trinajstić information content (AvgIpc) is 2.61. The summed E-state index contributed by atoms with van der Waals surface area (Å²) >= 11 is 0. The Hall–Kier alpha value is -2.38. The first-order valence-corrected chi connectivity index (χ1v) is 9.50. The molecule has 0 bridgehead atoms. The summed E-state index contributed by atoms with van der Waals surface area (Å²) in [6.07, 6.45) is 0.0555. The fourth-order valence-corrected chi connectivity index (χ4v) is 3.79. The van der Waals surface area contributed by atoms with E-state index in [1.54, 1.807) is 48.5 Å². The number of para-hydroxylation sites is 1. The van der Waals surface area contributed by atoms with Crippen LogP contribution >= 0.6 is 0 Å². The lowest BCUT2D eigenvalue weighted by Crippen LogP contribution is -2.36. The topological polar surface area (TPSA) is 92.5 Å². The molecule has 0 radical (unpaired) electrons. The molecule has 0 unspecified atom stereocenters. The van der Waals surface area contributed by atoms with Crippen LogP contribution in [0.2, 0.25) is 0 Å². The molecule has 0 aliphatic heterocycles. The van der Waals surface area contributed by atoms with Gasteiger partial charge in [0.15, 0.2) is 0 Å². The van der Waals surface area contributed by atoms with Crippen molar-refractivity contribution in [1.82, 2.24) is 5.32 Å². The van der Waals surface area contributed by atoms with Gasteiger partial charge in [-0.2, -0.15) is 0 Å². The fraction of sp³-hybridized carbons (Fsp3) is 0.278. The van der Waals surface area contributed by atoms with Gasteiger partial charge < -0.3 is 11.1 Å². The third-order valence-electron chi connectivity index (χ3n) is 3.66. The van der Waals surface area contributed by atoms with Gasteiger partial charge in [-0.3, -0.25) is 9.10 Å². The first-order valence-electron chi connectivity index (χ1n) is 8.06. The van der Waals surface area contributed by atoms with Crippen molar-refractivity contribution < 1.29 is 13.2 Å². The third-order valence-corrected chi connectivity index (χ3v) is 5.50. The summed E-state index contributed by atoms with van der Waals surface area (Å²) in [6.45, 7) is 2.66. The zero-order valence-electron chi connectivity index (χ0n) is 14.2. The highest BCUT2D eigenvalue weighted by atomic mass is 32.2. The number of carbonyl (C=O) groups excluding carboxylic acids is 1. The molecule has 0 atom stereocenters. The van der Waals surface area contributed by atoms with Crippen molar-refractivity contribution in [1.29, 1.82) is 0 Å². The number of anilines is 1. The highest BCUT2D eigenvalue weighted by Gasteiger charge is 2.25. The Morgan fingerprint density at radius 2 is 1.72 bits per heavy atom. The van der Waals surface area contributed by atoms with Crippen molar-refractivity contribution >= 4 is 21.6 Å². The number of hydrogen-bond donors (Lipinski definition) is 2. The number of hydrogen-bond acceptors (Lipinski definition) is 4. The fourth-order valence-electron chi connectivity index (χ4n) is 2.32. The molecule has 0 saturated carbocycles. The molecule has 7 heteroatoms. The van der Waals surface area contributed by atoms with E-state index in [0.717, 1.165) is 5.56 Å². The van der Waals surface area contributed by atoms with E-state index in [4.69, 9.17) is 5.73 Å². The second-order valence-electron chi connectivity index (χ2n) is 5.61. The lowest BCUT2D eigenvalue weighted by atomic mass is 10.2. The van der Waals surface area contributed by atoms with Crippen LogP contribution < -0.4 is 15.4 Å².